The van der Waals surface area contributed by atoms with Crippen LogP contribution in [0.1, 0.15) is 50.4 Å². The Morgan fingerprint density at radius 2 is 1.38 bits per heavy atom. The fraction of sp³-hybridized carbons (Fsp3) is 0.417. The lowest BCUT2D eigenvalue weighted by Gasteiger charge is -2.19. The summed E-state index contributed by atoms with van der Waals surface area (Å²) in [5, 5.41) is 1.93. The van der Waals surface area contributed by atoms with E-state index >= 15 is 0 Å². The maximum atomic E-state index is 12.9. The number of hydrogen-bond acceptors (Lipinski definition) is 5. The molecule has 170 valence electrons. The minimum atomic E-state index is -0.693. The molecule has 3 aromatic rings. The molecule has 0 aliphatic rings. The Kier molecular flexibility index (Phi) is 7.45. The molecule has 0 spiro atoms. The number of carbonyl (C=O) groups excluding carboxylic acids is 1. The average Bonchev–Trinajstić information content (AvgIpc) is 2.81. The van der Waals surface area contributed by atoms with Crippen molar-refractivity contribution in [1.29, 1.82) is 0 Å². The van der Waals surface area contributed by atoms with Crippen LogP contribution in [-0.2, 0) is 24.4 Å². The molecule has 0 fully saturated rings. The van der Waals surface area contributed by atoms with Gasteiger partial charge in [0.2, 0.25) is 0 Å². The molecule has 0 aliphatic heterocycles. The lowest BCUT2D eigenvalue weighted by molar-refractivity contribution is 0.0242. The number of rotatable bonds is 9. The van der Waals surface area contributed by atoms with Crippen LogP contribution < -0.4 is 17.1 Å². The average molecular weight is 440 g/mol. The zero-order valence-electron chi connectivity index (χ0n) is 18.7. The van der Waals surface area contributed by atoms with E-state index in [9.17, 15) is 19.2 Å². The zero-order chi connectivity index (χ0) is 23.3. The predicted molar refractivity (Wildman–Crippen MR) is 123 cm³/mol. The summed E-state index contributed by atoms with van der Waals surface area (Å²) in [6.07, 6.45) is 0.870. The Balaban J connectivity index is 1.91. The number of fused-ring (bicyclic) bond motifs is 1. The molecule has 0 radical (unpaired) electrons. The van der Waals surface area contributed by atoms with E-state index in [0.29, 0.717) is 24.8 Å². The van der Waals surface area contributed by atoms with Crippen molar-refractivity contribution in [3.05, 3.63) is 79.5 Å². The Labute approximate surface area is 185 Å². The second-order valence-corrected chi connectivity index (χ2v) is 7.76. The molecule has 32 heavy (non-hydrogen) atoms. The van der Waals surface area contributed by atoms with Gasteiger partial charge in [-0.2, -0.15) is 0 Å². The van der Waals surface area contributed by atoms with E-state index in [-0.39, 0.29) is 19.6 Å². The van der Waals surface area contributed by atoms with Crippen LogP contribution >= 0.6 is 0 Å². The summed E-state index contributed by atoms with van der Waals surface area (Å²) >= 11 is 0. The molecule has 0 bridgehead atoms. The molecule has 1 heterocycles. The molecule has 3 rings (SSSR count). The van der Waals surface area contributed by atoms with Crippen LogP contribution in [0, 0.1) is 0 Å². The highest BCUT2D eigenvalue weighted by atomic mass is 16.5. The van der Waals surface area contributed by atoms with Gasteiger partial charge in [-0.05, 0) is 42.2 Å². The number of hydrogen-bond donors (Lipinski definition) is 0. The van der Waals surface area contributed by atoms with Gasteiger partial charge in [-0.1, -0.05) is 51.1 Å². The zero-order valence-corrected chi connectivity index (χ0v) is 18.7. The largest absolute Gasteiger partial charge is 0.457 e. The first kappa shape index (κ1) is 23.2. The van der Waals surface area contributed by atoms with Crippen molar-refractivity contribution in [3.63, 3.8) is 0 Å². The molecule has 8 heteroatoms. The third-order valence-corrected chi connectivity index (χ3v) is 5.38. The summed E-state index contributed by atoms with van der Waals surface area (Å²) in [4.78, 5) is 51.1. The number of aromatic nitrogens is 3. The molecular formula is C24H29N3O5. The number of benzene rings is 2. The van der Waals surface area contributed by atoms with Crippen LogP contribution in [0.4, 0.5) is 0 Å². The number of ether oxygens (including phenoxy) is 1. The molecule has 1 aromatic heterocycles. The molecule has 8 nitrogen and oxygen atoms in total. The van der Waals surface area contributed by atoms with Crippen LogP contribution in [0.15, 0.2) is 56.8 Å². The number of esters is 1. The van der Waals surface area contributed by atoms with E-state index in [4.69, 9.17) is 4.74 Å². The Morgan fingerprint density at radius 3 is 1.94 bits per heavy atom. The van der Waals surface area contributed by atoms with Gasteiger partial charge in [0, 0.05) is 13.1 Å². The third-order valence-electron chi connectivity index (χ3n) is 5.38. The van der Waals surface area contributed by atoms with E-state index in [2.05, 4.69) is 0 Å². The van der Waals surface area contributed by atoms with E-state index in [1.807, 2.05) is 51.1 Å². The molecule has 0 N–H and O–H groups in total. The lowest BCUT2D eigenvalue weighted by Crippen LogP contribution is -2.55. The van der Waals surface area contributed by atoms with Crippen molar-refractivity contribution in [2.24, 2.45) is 0 Å². The number of carbonyl (C=O) groups is 1. The van der Waals surface area contributed by atoms with Crippen LogP contribution in [0.5, 0.6) is 0 Å². The fourth-order valence-electron chi connectivity index (χ4n) is 3.66. The van der Waals surface area contributed by atoms with Crippen molar-refractivity contribution in [2.75, 3.05) is 0 Å². The molecule has 0 amide bonds. The summed E-state index contributed by atoms with van der Waals surface area (Å²) in [6, 6.07) is 13.0. The van der Waals surface area contributed by atoms with Gasteiger partial charge in [0.25, 0.3) is 0 Å². The van der Waals surface area contributed by atoms with Gasteiger partial charge < -0.3 is 4.74 Å². The van der Waals surface area contributed by atoms with E-state index in [1.54, 1.807) is 12.1 Å². The van der Waals surface area contributed by atoms with Crippen molar-refractivity contribution in [3.8, 4) is 0 Å². The van der Waals surface area contributed by atoms with Gasteiger partial charge in [0.1, 0.15) is 6.10 Å². The maximum Gasteiger partial charge on any atom is 0.338 e. The van der Waals surface area contributed by atoms with Crippen LogP contribution in [0.25, 0.3) is 10.8 Å². The summed E-state index contributed by atoms with van der Waals surface area (Å²) in [6.45, 7) is 5.85. The lowest BCUT2D eigenvalue weighted by atomic mass is 10.1. The van der Waals surface area contributed by atoms with Gasteiger partial charge in [-0.15, -0.1) is 0 Å². The van der Waals surface area contributed by atoms with Gasteiger partial charge >= 0.3 is 23.0 Å². The second-order valence-electron chi connectivity index (χ2n) is 7.76. The van der Waals surface area contributed by atoms with Crippen molar-refractivity contribution < 1.29 is 9.53 Å². The first-order chi connectivity index (χ1) is 15.4. The molecule has 1 unspecified atom stereocenters. The summed E-state index contributed by atoms with van der Waals surface area (Å²) < 4.78 is 8.81. The molecule has 0 saturated carbocycles. The number of nitrogens with zero attached hydrogens (tertiary/aromatic N) is 3. The molecule has 0 aliphatic carbocycles. The monoisotopic (exact) mass is 439 g/mol. The maximum absolute atomic E-state index is 12.9. The van der Waals surface area contributed by atoms with Gasteiger partial charge in [0.15, 0.2) is 0 Å². The minimum Gasteiger partial charge on any atom is -0.457 e. The van der Waals surface area contributed by atoms with Crippen LogP contribution in [-0.4, -0.2) is 25.8 Å². The van der Waals surface area contributed by atoms with Crippen molar-refractivity contribution in [2.45, 2.75) is 65.8 Å². The van der Waals surface area contributed by atoms with E-state index in [1.165, 1.54) is 0 Å². The van der Waals surface area contributed by atoms with Gasteiger partial charge in [-0.3, -0.25) is 0 Å². The standard InChI is InChI=1S/C24H29N3O5/c1-4-13-25-22(29)26(14-5-2)24(31)27(23(25)30)16-20(6-3)32-21(28)19-12-11-17-9-7-8-10-18(17)15-19/h7-12,15,20H,4-6,13-14,16H2,1-3H3. The Morgan fingerprint density at radius 1 is 0.812 bits per heavy atom. The second kappa shape index (κ2) is 10.3. The normalized spacial score (nSPS) is 12.1. The molecule has 2 aromatic carbocycles. The van der Waals surface area contributed by atoms with Crippen molar-refractivity contribution >= 4 is 16.7 Å². The van der Waals surface area contributed by atoms with Crippen LogP contribution in [0.2, 0.25) is 0 Å². The van der Waals surface area contributed by atoms with E-state index in [0.717, 1.165) is 24.5 Å². The summed E-state index contributed by atoms with van der Waals surface area (Å²) in [5.41, 5.74) is -1.54. The van der Waals surface area contributed by atoms with Crippen LogP contribution in [0.3, 0.4) is 0 Å². The smallest absolute Gasteiger partial charge is 0.338 e. The topological polar surface area (TPSA) is 92.3 Å². The van der Waals surface area contributed by atoms with E-state index < -0.39 is 29.1 Å². The highest BCUT2D eigenvalue weighted by Crippen LogP contribution is 2.17. The molecular weight excluding hydrogens is 410 g/mol. The highest BCUT2D eigenvalue weighted by Gasteiger charge is 2.21. The molecule has 0 saturated heterocycles. The fourth-order valence-corrected chi connectivity index (χ4v) is 3.66. The first-order valence-electron chi connectivity index (χ1n) is 11.0. The van der Waals surface area contributed by atoms with Gasteiger partial charge in [-0.25, -0.2) is 32.9 Å². The molecule has 1 atom stereocenters. The third kappa shape index (κ3) is 4.74. The Bertz CT molecular complexity index is 1240. The SMILES string of the molecule is CCCn1c(=O)n(CCC)c(=O)n(CC(CC)OC(=O)c2ccc3ccccc3c2)c1=O. The predicted octanol–water partition coefficient (Wildman–Crippen LogP) is 2.78. The highest BCUT2D eigenvalue weighted by molar-refractivity contribution is 5.95. The minimum absolute atomic E-state index is 0.110. The first-order valence-corrected chi connectivity index (χ1v) is 11.0. The van der Waals surface area contributed by atoms with Gasteiger partial charge in [0.05, 0.1) is 12.1 Å². The Hall–Kier alpha value is -3.42. The van der Waals surface area contributed by atoms with Crippen molar-refractivity contribution in [1.82, 2.24) is 13.7 Å². The summed E-state index contributed by atoms with van der Waals surface area (Å²) in [7, 11) is 0. The summed E-state index contributed by atoms with van der Waals surface area (Å²) in [5.74, 6) is -0.522. The quantitative estimate of drug-likeness (QED) is 0.478.